The summed E-state index contributed by atoms with van der Waals surface area (Å²) in [4.78, 5) is 27.6. The van der Waals surface area contributed by atoms with E-state index < -0.39 is 27.6 Å². The number of anilines is 1. The zero-order valence-electron chi connectivity index (χ0n) is 15.5. The minimum absolute atomic E-state index is 0.112. The molecule has 0 aliphatic heterocycles. The summed E-state index contributed by atoms with van der Waals surface area (Å²) in [6, 6.07) is 4.18. The van der Waals surface area contributed by atoms with Gasteiger partial charge >= 0.3 is 5.95 Å². The molecule has 0 unspecified atom stereocenters. The molecule has 8 nitrogen and oxygen atoms in total. The number of rotatable bonds is 4. The van der Waals surface area contributed by atoms with Gasteiger partial charge in [0, 0.05) is 10.1 Å². The molecular formula is C19H19ClFN5O3. The number of aromatic nitrogens is 3. The van der Waals surface area contributed by atoms with Crippen molar-refractivity contribution >= 4 is 29.1 Å². The van der Waals surface area contributed by atoms with Crippen LogP contribution < -0.4 is 5.32 Å². The average Bonchev–Trinajstić information content (AvgIpc) is 3.14. The summed E-state index contributed by atoms with van der Waals surface area (Å²) >= 11 is 5.80. The first-order chi connectivity index (χ1) is 13.8. The van der Waals surface area contributed by atoms with Gasteiger partial charge in [0.1, 0.15) is 5.82 Å². The van der Waals surface area contributed by atoms with Crippen LogP contribution in [0.15, 0.2) is 24.5 Å². The Hall–Kier alpha value is -2.55. The van der Waals surface area contributed by atoms with Gasteiger partial charge in [-0.2, -0.15) is 4.68 Å². The normalized spacial score (nSPS) is 32.3. The Bertz CT molecular complexity index is 1010. The van der Waals surface area contributed by atoms with Gasteiger partial charge in [-0.3, -0.25) is 4.79 Å². The number of benzene rings is 1. The molecule has 0 radical (unpaired) electrons. The average molecular weight is 420 g/mol. The number of hydrogen-bond acceptors (Lipinski definition) is 5. The third kappa shape index (κ3) is 2.90. The van der Waals surface area contributed by atoms with Crippen LogP contribution in [-0.2, 0) is 10.3 Å². The number of nitrogens with one attached hydrogen (secondary N) is 1. The summed E-state index contributed by atoms with van der Waals surface area (Å²) in [5, 5.41) is 18.2. The highest BCUT2D eigenvalue weighted by Crippen LogP contribution is 2.64. The molecule has 1 heterocycles. The van der Waals surface area contributed by atoms with Gasteiger partial charge in [0.2, 0.25) is 12.2 Å². The number of carbonyl (C=O) groups is 1. The molecule has 1 N–H and O–H groups in total. The zero-order valence-corrected chi connectivity index (χ0v) is 16.2. The molecule has 1 aromatic heterocycles. The standard InChI is InChI=1S/C19H19ClFN5O3/c20-13-1-2-15(14(21)4-13)23-16(27)18-5-11-3-12(6-18)8-19(7-11,9-18)25-10-22-17(24-25)26(28)29/h1-2,4,10-12H,3,5-9H2,(H,23,27)/t11-,12-,18?,19?/m1/s1. The van der Waals surface area contributed by atoms with Crippen molar-refractivity contribution in [3.8, 4) is 0 Å². The van der Waals surface area contributed by atoms with Crippen LogP contribution in [0.5, 0.6) is 0 Å². The summed E-state index contributed by atoms with van der Waals surface area (Å²) in [6.07, 6.45) is 6.11. The second-order valence-corrected chi connectivity index (χ2v) is 9.23. The third-order valence-corrected chi connectivity index (χ3v) is 7.06. The van der Waals surface area contributed by atoms with Gasteiger partial charge in [-0.1, -0.05) is 16.6 Å². The molecule has 4 aliphatic rings. The number of nitro groups is 1. The number of hydrogen-bond donors (Lipinski definition) is 1. The SMILES string of the molecule is O=C(Nc1ccc(Cl)cc1F)C12C[C@H]3C[C@H](C1)CC(n1cnc([N+](=O)[O-])n1)(C3)C2. The van der Waals surface area contributed by atoms with Crippen LogP contribution in [0, 0.1) is 33.2 Å². The Morgan fingerprint density at radius 1 is 1.31 bits per heavy atom. The molecule has 0 spiro atoms. The fourth-order valence-corrected chi connectivity index (χ4v) is 6.32. The molecule has 2 aromatic rings. The van der Waals surface area contributed by atoms with Gasteiger partial charge in [0.05, 0.1) is 16.6 Å². The monoisotopic (exact) mass is 419 g/mol. The predicted octanol–water partition coefficient (Wildman–Crippen LogP) is 3.91. The Labute approximate surface area is 170 Å². The largest absolute Gasteiger partial charge is 0.490 e. The molecule has 29 heavy (non-hydrogen) atoms. The Morgan fingerprint density at radius 2 is 2.03 bits per heavy atom. The lowest BCUT2D eigenvalue weighted by Gasteiger charge is -2.60. The lowest BCUT2D eigenvalue weighted by atomic mass is 9.46. The van der Waals surface area contributed by atoms with Crippen LogP contribution in [0.4, 0.5) is 16.0 Å². The van der Waals surface area contributed by atoms with Crippen LogP contribution in [0.1, 0.15) is 38.5 Å². The summed E-state index contributed by atoms with van der Waals surface area (Å²) in [5.74, 6) is -0.535. The maximum Gasteiger partial charge on any atom is 0.490 e. The van der Waals surface area contributed by atoms with E-state index in [1.807, 2.05) is 0 Å². The highest BCUT2D eigenvalue weighted by molar-refractivity contribution is 6.30. The van der Waals surface area contributed by atoms with E-state index in [4.69, 9.17) is 11.6 Å². The highest BCUT2D eigenvalue weighted by atomic mass is 35.5. The van der Waals surface area contributed by atoms with Crippen molar-refractivity contribution in [3.63, 3.8) is 0 Å². The van der Waals surface area contributed by atoms with Crippen LogP contribution >= 0.6 is 11.6 Å². The van der Waals surface area contributed by atoms with E-state index in [0.29, 0.717) is 18.3 Å². The number of amides is 1. The van der Waals surface area contributed by atoms with Gasteiger partial charge < -0.3 is 15.4 Å². The fraction of sp³-hybridized carbons (Fsp3) is 0.526. The molecule has 152 valence electrons. The van der Waals surface area contributed by atoms with E-state index in [9.17, 15) is 19.3 Å². The zero-order chi connectivity index (χ0) is 20.4. The fourth-order valence-electron chi connectivity index (χ4n) is 6.16. The van der Waals surface area contributed by atoms with Crippen molar-refractivity contribution in [2.24, 2.45) is 17.3 Å². The maximum absolute atomic E-state index is 14.2. The van der Waals surface area contributed by atoms with Crippen molar-refractivity contribution in [2.45, 2.75) is 44.1 Å². The first kappa shape index (κ1) is 18.5. The molecule has 1 aromatic carbocycles. The second kappa shape index (κ2) is 6.22. The van der Waals surface area contributed by atoms with E-state index in [-0.39, 0.29) is 16.6 Å². The van der Waals surface area contributed by atoms with E-state index >= 15 is 0 Å². The smallest absolute Gasteiger partial charge is 0.390 e. The van der Waals surface area contributed by atoms with Gasteiger partial charge in [0.15, 0.2) is 0 Å². The Kier molecular flexibility index (Phi) is 3.96. The number of carbonyl (C=O) groups excluding carboxylic acids is 1. The van der Waals surface area contributed by atoms with Crippen LogP contribution in [0.25, 0.3) is 0 Å². The molecule has 4 aliphatic carbocycles. The summed E-state index contributed by atoms with van der Waals surface area (Å²) in [5.41, 5.74) is -0.987. The second-order valence-electron chi connectivity index (χ2n) is 8.79. The van der Waals surface area contributed by atoms with Gasteiger partial charge in [-0.25, -0.2) is 4.39 Å². The van der Waals surface area contributed by atoms with Crippen molar-refractivity contribution in [2.75, 3.05) is 5.32 Å². The predicted molar refractivity (Wildman–Crippen MR) is 102 cm³/mol. The van der Waals surface area contributed by atoms with Gasteiger partial charge in [-0.15, -0.1) is 0 Å². The molecule has 10 heteroatoms. The molecule has 0 saturated heterocycles. The van der Waals surface area contributed by atoms with Crippen LogP contribution in [0.2, 0.25) is 5.02 Å². The summed E-state index contributed by atoms with van der Waals surface area (Å²) in [6.45, 7) is 0. The van der Waals surface area contributed by atoms with Crippen molar-refractivity contribution in [3.05, 3.63) is 45.5 Å². The lowest BCUT2D eigenvalue weighted by Crippen LogP contribution is -2.60. The van der Waals surface area contributed by atoms with Crippen molar-refractivity contribution < 1.29 is 14.1 Å². The molecule has 4 saturated carbocycles. The third-order valence-electron chi connectivity index (χ3n) is 6.82. The van der Waals surface area contributed by atoms with Gasteiger partial charge in [0.25, 0.3) is 0 Å². The van der Waals surface area contributed by atoms with E-state index in [1.54, 1.807) is 4.68 Å². The Balaban J connectivity index is 1.47. The molecule has 2 atom stereocenters. The molecule has 4 bridgehead atoms. The quantitative estimate of drug-likeness (QED) is 0.597. The highest BCUT2D eigenvalue weighted by Gasteiger charge is 2.62. The minimum Gasteiger partial charge on any atom is -0.390 e. The van der Waals surface area contributed by atoms with Crippen LogP contribution in [-0.4, -0.2) is 25.6 Å². The topological polar surface area (TPSA) is 103 Å². The van der Waals surface area contributed by atoms with Gasteiger partial charge in [-0.05, 0) is 73.5 Å². The van der Waals surface area contributed by atoms with E-state index in [2.05, 4.69) is 15.4 Å². The molecule has 4 fully saturated rings. The van der Waals surface area contributed by atoms with E-state index in [0.717, 1.165) is 32.1 Å². The molecular weight excluding hydrogens is 401 g/mol. The number of nitrogens with zero attached hydrogens (tertiary/aromatic N) is 4. The first-order valence-corrected chi connectivity index (χ1v) is 9.99. The van der Waals surface area contributed by atoms with Crippen LogP contribution in [0.3, 0.4) is 0 Å². The summed E-state index contributed by atoms with van der Waals surface area (Å²) < 4.78 is 15.8. The number of halogens is 2. The van der Waals surface area contributed by atoms with Crippen molar-refractivity contribution in [1.29, 1.82) is 0 Å². The van der Waals surface area contributed by atoms with Crippen molar-refractivity contribution in [1.82, 2.24) is 14.8 Å². The lowest BCUT2D eigenvalue weighted by molar-refractivity contribution is -0.394. The first-order valence-electron chi connectivity index (χ1n) is 9.62. The molecule has 6 rings (SSSR count). The Morgan fingerprint density at radius 3 is 2.66 bits per heavy atom. The van der Waals surface area contributed by atoms with E-state index in [1.165, 1.54) is 24.5 Å². The summed E-state index contributed by atoms with van der Waals surface area (Å²) in [7, 11) is 0. The maximum atomic E-state index is 14.2. The molecule has 1 amide bonds. The minimum atomic E-state index is -0.642.